The second-order valence-electron chi connectivity index (χ2n) is 6.47. The predicted molar refractivity (Wildman–Crippen MR) is 118 cm³/mol. The summed E-state index contributed by atoms with van der Waals surface area (Å²) in [5.74, 6) is 0.732. The Hall–Kier alpha value is -2.83. The molecule has 0 atom stereocenters. The van der Waals surface area contributed by atoms with E-state index in [0.717, 1.165) is 15.6 Å². The first kappa shape index (κ1) is 19.5. The fourth-order valence-corrected chi connectivity index (χ4v) is 3.88. The predicted octanol–water partition coefficient (Wildman–Crippen LogP) is 6.48. The third-order valence-corrected chi connectivity index (χ3v) is 5.10. The monoisotopic (exact) mass is 470 g/mol. The Morgan fingerprint density at radius 1 is 1.17 bits per heavy atom. The van der Waals surface area contributed by atoms with Crippen molar-refractivity contribution in [3.8, 4) is 17.2 Å². The summed E-state index contributed by atoms with van der Waals surface area (Å²) in [6.45, 7) is 1.89. The normalized spacial score (nSPS) is 10.9. The van der Waals surface area contributed by atoms with E-state index in [4.69, 9.17) is 20.8 Å². The average Bonchev–Trinajstić information content (AvgIpc) is 3.11. The van der Waals surface area contributed by atoms with Crippen molar-refractivity contribution in [2.45, 2.75) is 6.92 Å². The number of halogens is 2. The molecule has 1 N–H and O–H groups in total. The van der Waals surface area contributed by atoms with E-state index >= 15 is 0 Å². The van der Waals surface area contributed by atoms with Crippen molar-refractivity contribution in [1.82, 2.24) is 4.98 Å². The topological polar surface area (TPSA) is 64.4 Å². The quantitative estimate of drug-likeness (QED) is 0.370. The van der Waals surface area contributed by atoms with E-state index in [-0.39, 0.29) is 5.91 Å². The zero-order valence-corrected chi connectivity index (χ0v) is 18.0. The van der Waals surface area contributed by atoms with Crippen LogP contribution < -0.4 is 10.1 Å². The number of aryl methyl sites for hydroxylation is 1. The summed E-state index contributed by atoms with van der Waals surface area (Å²) in [6.07, 6.45) is 0. The molecule has 0 fully saturated rings. The number of hydrogen-bond acceptors (Lipinski definition) is 4. The number of nitrogens with zero attached hydrogens (tertiary/aromatic N) is 1. The van der Waals surface area contributed by atoms with E-state index in [1.165, 1.54) is 0 Å². The number of hydrogen-bond donors (Lipinski definition) is 1. The minimum absolute atomic E-state index is 0.274. The Balaban J connectivity index is 1.65. The van der Waals surface area contributed by atoms with Crippen molar-refractivity contribution in [3.63, 3.8) is 0 Å². The van der Waals surface area contributed by atoms with Crippen LogP contribution in [0.2, 0.25) is 5.02 Å². The molecule has 0 aliphatic heterocycles. The zero-order valence-electron chi connectivity index (χ0n) is 15.6. The van der Waals surface area contributed by atoms with Crippen molar-refractivity contribution in [1.29, 1.82) is 0 Å². The van der Waals surface area contributed by atoms with Gasteiger partial charge in [-0.1, -0.05) is 33.6 Å². The number of nitrogens with one attached hydrogen (secondary N) is 1. The van der Waals surface area contributed by atoms with Gasteiger partial charge in [0.05, 0.1) is 12.7 Å². The van der Waals surface area contributed by atoms with Crippen molar-refractivity contribution >= 4 is 50.2 Å². The average molecular weight is 472 g/mol. The molecule has 0 unspecified atom stereocenters. The minimum Gasteiger partial charge on any atom is -0.496 e. The highest BCUT2D eigenvalue weighted by Crippen LogP contribution is 2.30. The summed E-state index contributed by atoms with van der Waals surface area (Å²) in [5, 5.41) is 3.50. The number of carbonyl (C=O) groups is 1. The summed E-state index contributed by atoms with van der Waals surface area (Å²) in [5.41, 5.74) is 3.95. The van der Waals surface area contributed by atoms with Crippen molar-refractivity contribution < 1.29 is 13.9 Å². The summed E-state index contributed by atoms with van der Waals surface area (Å²) in [7, 11) is 1.55. The Bertz CT molecular complexity index is 1240. The van der Waals surface area contributed by atoms with Gasteiger partial charge in [0.2, 0.25) is 5.89 Å². The molecule has 7 heteroatoms. The molecule has 1 aromatic heterocycles. The van der Waals surface area contributed by atoms with Gasteiger partial charge in [-0.3, -0.25) is 4.79 Å². The molecule has 0 saturated heterocycles. The van der Waals surface area contributed by atoms with Gasteiger partial charge in [0.1, 0.15) is 11.3 Å². The van der Waals surface area contributed by atoms with Crippen LogP contribution in [0.5, 0.6) is 5.75 Å². The molecule has 146 valence electrons. The molecule has 29 heavy (non-hydrogen) atoms. The molecule has 0 aliphatic rings. The lowest BCUT2D eigenvalue weighted by Crippen LogP contribution is -2.13. The fraction of sp³-hybridized carbons (Fsp3) is 0.0909. The van der Waals surface area contributed by atoms with Gasteiger partial charge in [0.25, 0.3) is 5.91 Å². The Kier molecular flexibility index (Phi) is 5.30. The summed E-state index contributed by atoms with van der Waals surface area (Å²) < 4.78 is 12.0. The Labute approximate surface area is 180 Å². The Morgan fingerprint density at radius 2 is 2.00 bits per heavy atom. The highest BCUT2D eigenvalue weighted by atomic mass is 79.9. The van der Waals surface area contributed by atoms with E-state index < -0.39 is 0 Å². The van der Waals surface area contributed by atoms with Crippen molar-refractivity contribution in [2.24, 2.45) is 0 Å². The first-order valence-electron chi connectivity index (χ1n) is 8.76. The lowest BCUT2D eigenvalue weighted by Gasteiger charge is -2.12. The van der Waals surface area contributed by atoms with Gasteiger partial charge in [-0.2, -0.15) is 0 Å². The van der Waals surface area contributed by atoms with Crippen LogP contribution in [0.4, 0.5) is 5.69 Å². The maximum Gasteiger partial charge on any atom is 0.259 e. The highest BCUT2D eigenvalue weighted by Gasteiger charge is 2.17. The lowest BCUT2D eigenvalue weighted by molar-refractivity contribution is 0.102. The fourth-order valence-electron chi connectivity index (χ4n) is 3.12. The number of methoxy groups -OCH3 is 1. The van der Waals surface area contributed by atoms with Gasteiger partial charge in [0, 0.05) is 20.7 Å². The number of carbonyl (C=O) groups excluding carboxylic acids is 1. The molecule has 1 heterocycles. The van der Waals surface area contributed by atoms with Gasteiger partial charge < -0.3 is 14.5 Å². The van der Waals surface area contributed by atoms with Gasteiger partial charge in [-0.15, -0.1) is 0 Å². The van der Waals surface area contributed by atoms with E-state index in [2.05, 4.69) is 26.2 Å². The number of anilines is 1. The number of benzene rings is 3. The van der Waals surface area contributed by atoms with E-state index in [1.54, 1.807) is 43.5 Å². The molecule has 4 aromatic rings. The maximum absolute atomic E-state index is 12.8. The van der Waals surface area contributed by atoms with Gasteiger partial charge >= 0.3 is 0 Å². The van der Waals surface area contributed by atoms with Crippen LogP contribution in [0, 0.1) is 6.92 Å². The third kappa shape index (κ3) is 3.99. The van der Waals surface area contributed by atoms with Crippen LogP contribution in [0.3, 0.4) is 0 Å². The van der Waals surface area contributed by atoms with Crippen LogP contribution in [-0.2, 0) is 0 Å². The standard InChI is InChI=1S/C22H16BrClN2O3/c1-12-8-14(23)10-17(20(12)28-2)21(27)25-16-6-7-19-18(11-16)26-22(29-19)13-4-3-5-15(24)9-13/h3-11H,1-2H3,(H,25,27). The molecular formula is C22H16BrClN2O3. The molecule has 0 saturated carbocycles. The second-order valence-corrected chi connectivity index (χ2v) is 7.82. The van der Waals surface area contributed by atoms with Crippen LogP contribution in [0.25, 0.3) is 22.6 Å². The number of aromatic nitrogens is 1. The number of fused-ring (bicyclic) bond motifs is 1. The van der Waals surface area contributed by atoms with Gasteiger partial charge in [-0.25, -0.2) is 4.98 Å². The molecule has 4 rings (SSSR count). The maximum atomic E-state index is 12.8. The van der Waals surface area contributed by atoms with Gasteiger partial charge in [0.15, 0.2) is 5.58 Å². The van der Waals surface area contributed by atoms with E-state index in [0.29, 0.717) is 39.0 Å². The van der Waals surface area contributed by atoms with E-state index in [1.807, 2.05) is 25.1 Å². The lowest BCUT2D eigenvalue weighted by atomic mass is 10.1. The molecule has 0 spiro atoms. The minimum atomic E-state index is -0.274. The van der Waals surface area contributed by atoms with Crippen LogP contribution >= 0.6 is 27.5 Å². The van der Waals surface area contributed by atoms with E-state index in [9.17, 15) is 4.79 Å². The summed E-state index contributed by atoms with van der Waals surface area (Å²) in [4.78, 5) is 17.3. The Morgan fingerprint density at radius 3 is 2.76 bits per heavy atom. The molecule has 3 aromatic carbocycles. The summed E-state index contributed by atoms with van der Waals surface area (Å²) >= 11 is 9.48. The molecule has 0 aliphatic carbocycles. The first-order chi connectivity index (χ1) is 13.9. The van der Waals surface area contributed by atoms with Crippen LogP contribution in [0.1, 0.15) is 15.9 Å². The smallest absolute Gasteiger partial charge is 0.259 e. The van der Waals surface area contributed by atoms with Crippen molar-refractivity contribution in [2.75, 3.05) is 12.4 Å². The van der Waals surface area contributed by atoms with Crippen LogP contribution in [0.15, 0.2) is 63.5 Å². The largest absolute Gasteiger partial charge is 0.496 e. The molecule has 5 nitrogen and oxygen atoms in total. The molecule has 0 bridgehead atoms. The highest BCUT2D eigenvalue weighted by molar-refractivity contribution is 9.10. The molecule has 0 radical (unpaired) electrons. The number of amides is 1. The van der Waals surface area contributed by atoms with Gasteiger partial charge in [-0.05, 0) is 61.0 Å². The zero-order chi connectivity index (χ0) is 20.5. The van der Waals surface area contributed by atoms with Crippen LogP contribution in [-0.4, -0.2) is 18.0 Å². The number of oxazole rings is 1. The van der Waals surface area contributed by atoms with Crippen molar-refractivity contribution in [3.05, 3.63) is 75.2 Å². The third-order valence-electron chi connectivity index (χ3n) is 4.41. The molecule has 1 amide bonds. The first-order valence-corrected chi connectivity index (χ1v) is 9.93. The summed E-state index contributed by atoms with van der Waals surface area (Å²) in [6, 6.07) is 16.2. The molecular weight excluding hydrogens is 456 g/mol. The SMILES string of the molecule is COc1c(C)cc(Br)cc1C(=O)Nc1ccc2oc(-c3cccc(Cl)c3)nc2c1. The second kappa shape index (κ2) is 7.89. The number of rotatable bonds is 4. The number of ether oxygens (including phenoxy) is 1.